The van der Waals surface area contributed by atoms with Gasteiger partial charge in [0.25, 0.3) is 0 Å². The lowest BCUT2D eigenvalue weighted by atomic mass is 9.88. The Balaban J connectivity index is 1.71. The SMILES string of the molecule is CCOC(=O)c1cn(CC(=O)N[C@@H](Cc2cc(F)cc(F)c2)c2ncccc2C2=CC(C(N)=O)C(F)C=C2)nc1C(F)(F)F. The zero-order valence-electron chi connectivity index (χ0n) is 22.9. The number of pyridine rings is 1. The van der Waals surface area contributed by atoms with Crippen LogP contribution in [0.4, 0.5) is 26.3 Å². The molecule has 15 heteroatoms. The third-order valence-electron chi connectivity index (χ3n) is 6.50. The molecule has 2 amide bonds. The molecule has 0 fully saturated rings. The lowest BCUT2D eigenvalue weighted by Gasteiger charge is -2.24. The van der Waals surface area contributed by atoms with Crippen LogP contribution in [0.25, 0.3) is 5.57 Å². The topological polar surface area (TPSA) is 129 Å². The molecule has 2 unspecified atom stereocenters. The third kappa shape index (κ3) is 7.51. The number of hydrogen-bond acceptors (Lipinski definition) is 6. The normalized spacial score (nSPS) is 17.1. The van der Waals surface area contributed by atoms with Gasteiger partial charge in [-0.25, -0.2) is 18.0 Å². The first kappa shape index (κ1) is 32.0. The summed E-state index contributed by atoms with van der Waals surface area (Å²) in [5, 5.41) is 5.94. The van der Waals surface area contributed by atoms with E-state index < -0.39 is 71.5 Å². The zero-order valence-corrected chi connectivity index (χ0v) is 22.9. The van der Waals surface area contributed by atoms with Crippen molar-refractivity contribution < 1.29 is 45.5 Å². The molecule has 44 heavy (non-hydrogen) atoms. The van der Waals surface area contributed by atoms with E-state index in [9.17, 15) is 40.7 Å². The number of rotatable bonds is 10. The van der Waals surface area contributed by atoms with Crippen LogP contribution in [-0.4, -0.2) is 45.3 Å². The number of nitrogens with one attached hydrogen (secondary N) is 1. The highest BCUT2D eigenvalue weighted by Gasteiger charge is 2.40. The Morgan fingerprint density at radius 2 is 1.86 bits per heavy atom. The molecule has 0 saturated heterocycles. The molecule has 4 rings (SSSR count). The fourth-order valence-corrected chi connectivity index (χ4v) is 4.65. The van der Waals surface area contributed by atoms with E-state index in [-0.39, 0.29) is 24.3 Å². The van der Waals surface area contributed by atoms with Crippen LogP contribution in [0.1, 0.15) is 45.8 Å². The smallest absolute Gasteiger partial charge is 0.436 e. The number of aromatic nitrogens is 3. The second-order valence-corrected chi connectivity index (χ2v) is 9.70. The van der Waals surface area contributed by atoms with Crippen molar-refractivity contribution in [3.8, 4) is 0 Å². The van der Waals surface area contributed by atoms with Crippen LogP contribution in [0.15, 0.2) is 61.0 Å². The first-order valence-electron chi connectivity index (χ1n) is 13.1. The van der Waals surface area contributed by atoms with Crippen LogP contribution in [-0.2, 0) is 33.5 Å². The van der Waals surface area contributed by atoms with Crippen LogP contribution in [0.5, 0.6) is 0 Å². The summed E-state index contributed by atoms with van der Waals surface area (Å²) in [5.41, 5.74) is 3.75. The van der Waals surface area contributed by atoms with Crippen molar-refractivity contribution in [2.24, 2.45) is 11.7 Å². The summed E-state index contributed by atoms with van der Waals surface area (Å²) in [4.78, 5) is 41.4. The van der Waals surface area contributed by atoms with Gasteiger partial charge in [-0.2, -0.15) is 18.3 Å². The van der Waals surface area contributed by atoms with Gasteiger partial charge >= 0.3 is 12.1 Å². The molecule has 1 aliphatic carbocycles. The Hall–Kier alpha value is -4.95. The van der Waals surface area contributed by atoms with Gasteiger partial charge in [-0.05, 0) is 48.8 Å². The number of halogens is 6. The highest BCUT2D eigenvalue weighted by atomic mass is 19.4. The number of primary amides is 1. The summed E-state index contributed by atoms with van der Waals surface area (Å²) < 4.78 is 88.3. The number of alkyl halides is 4. The molecule has 3 aromatic rings. The predicted molar refractivity (Wildman–Crippen MR) is 143 cm³/mol. The molecule has 232 valence electrons. The molecular formula is C29H25F6N5O4. The third-order valence-corrected chi connectivity index (χ3v) is 6.50. The molecule has 9 nitrogen and oxygen atoms in total. The quantitative estimate of drug-likeness (QED) is 0.257. The van der Waals surface area contributed by atoms with Crippen LogP contribution >= 0.6 is 0 Å². The molecule has 1 aliphatic rings. The Morgan fingerprint density at radius 3 is 2.50 bits per heavy atom. The van der Waals surface area contributed by atoms with Crippen molar-refractivity contribution in [2.75, 3.05) is 6.61 Å². The molecule has 0 saturated carbocycles. The first-order valence-corrected chi connectivity index (χ1v) is 13.1. The van der Waals surface area contributed by atoms with Gasteiger partial charge in [0, 0.05) is 24.0 Å². The van der Waals surface area contributed by atoms with Gasteiger partial charge in [0.2, 0.25) is 11.8 Å². The van der Waals surface area contributed by atoms with Gasteiger partial charge in [0.05, 0.1) is 24.3 Å². The van der Waals surface area contributed by atoms with Gasteiger partial charge in [0.15, 0.2) is 5.69 Å². The van der Waals surface area contributed by atoms with Crippen molar-refractivity contribution in [2.45, 2.75) is 38.3 Å². The van der Waals surface area contributed by atoms with Crippen molar-refractivity contribution in [3.05, 3.63) is 101 Å². The zero-order chi connectivity index (χ0) is 32.2. The number of allylic oxidation sites excluding steroid dienone is 3. The molecule has 2 aromatic heterocycles. The second-order valence-electron chi connectivity index (χ2n) is 9.70. The molecule has 0 spiro atoms. The molecule has 0 aliphatic heterocycles. The molecule has 1 aromatic carbocycles. The number of carbonyl (C=O) groups excluding carboxylic acids is 3. The Labute approximate surface area is 246 Å². The van der Waals surface area contributed by atoms with Gasteiger partial charge in [0.1, 0.15) is 29.9 Å². The van der Waals surface area contributed by atoms with Crippen LogP contribution in [0, 0.1) is 17.6 Å². The van der Waals surface area contributed by atoms with Gasteiger partial charge in [-0.3, -0.25) is 19.3 Å². The fourth-order valence-electron chi connectivity index (χ4n) is 4.65. The average molecular weight is 622 g/mol. The van der Waals surface area contributed by atoms with E-state index in [1.165, 1.54) is 31.3 Å². The molecule has 3 atom stereocenters. The predicted octanol–water partition coefficient (Wildman–Crippen LogP) is 4.24. The van der Waals surface area contributed by atoms with E-state index in [0.29, 0.717) is 21.9 Å². The maximum Gasteiger partial charge on any atom is 0.436 e. The highest BCUT2D eigenvalue weighted by molar-refractivity contribution is 5.91. The van der Waals surface area contributed by atoms with Gasteiger partial charge in [-0.1, -0.05) is 18.2 Å². The lowest BCUT2D eigenvalue weighted by Crippen LogP contribution is -2.34. The van der Waals surface area contributed by atoms with Crippen LogP contribution in [0.3, 0.4) is 0 Å². The van der Waals surface area contributed by atoms with Gasteiger partial charge < -0.3 is 15.8 Å². The highest BCUT2D eigenvalue weighted by Crippen LogP contribution is 2.33. The Kier molecular flexibility index (Phi) is 9.55. The second kappa shape index (κ2) is 13.1. The van der Waals surface area contributed by atoms with Crippen LogP contribution in [0.2, 0.25) is 0 Å². The van der Waals surface area contributed by atoms with Crippen molar-refractivity contribution in [3.63, 3.8) is 0 Å². The molecule has 2 heterocycles. The Bertz CT molecular complexity index is 1610. The number of hydrogen-bond donors (Lipinski definition) is 2. The number of nitrogens with two attached hydrogens (primary N) is 1. The number of carbonyl (C=O) groups is 3. The van der Waals surface area contributed by atoms with E-state index in [0.717, 1.165) is 24.4 Å². The van der Waals surface area contributed by atoms with E-state index in [1.54, 1.807) is 6.07 Å². The minimum Gasteiger partial charge on any atom is -0.462 e. The number of amides is 2. The van der Waals surface area contributed by atoms with Crippen molar-refractivity contribution in [1.29, 1.82) is 0 Å². The van der Waals surface area contributed by atoms with Gasteiger partial charge in [-0.15, -0.1) is 0 Å². The molecule has 3 N–H and O–H groups in total. The minimum absolute atomic E-state index is 0.0967. The van der Waals surface area contributed by atoms with Crippen molar-refractivity contribution >= 4 is 23.4 Å². The summed E-state index contributed by atoms with van der Waals surface area (Å²) in [5.74, 6) is -6.21. The minimum atomic E-state index is -5.03. The van der Waals surface area contributed by atoms with Crippen LogP contribution < -0.4 is 11.1 Å². The van der Waals surface area contributed by atoms with E-state index in [1.807, 2.05) is 0 Å². The maximum absolute atomic E-state index is 14.3. The summed E-state index contributed by atoms with van der Waals surface area (Å²) >= 11 is 0. The summed E-state index contributed by atoms with van der Waals surface area (Å²) in [6, 6.07) is 4.62. The fraction of sp³-hybridized carbons (Fsp3) is 0.276. The largest absolute Gasteiger partial charge is 0.462 e. The summed E-state index contributed by atoms with van der Waals surface area (Å²) in [7, 11) is 0. The van der Waals surface area contributed by atoms with E-state index in [4.69, 9.17) is 5.73 Å². The standard InChI is InChI=1S/C29H25F6N5O4/c1-2-44-28(43)21-13-40(39-26(21)29(33,34)35)14-24(41)38-23(10-15-8-17(30)12-18(31)9-15)25-19(4-3-7-37-25)16-5-6-22(32)20(11-16)27(36)42/h3-9,11-13,20,22-23H,2,10,14H2,1H3,(H2,36,42)(H,38,41)/t20?,22?,23-/m0/s1. The molecule has 0 radical (unpaired) electrons. The first-order chi connectivity index (χ1) is 20.8. The Morgan fingerprint density at radius 1 is 1.16 bits per heavy atom. The number of benzene rings is 1. The average Bonchev–Trinajstić information content (AvgIpc) is 3.37. The van der Waals surface area contributed by atoms with Crippen molar-refractivity contribution in [1.82, 2.24) is 20.1 Å². The molecule has 0 bridgehead atoms. The lowest BCUT2D eigenvalue weighted by molar-refractivity contribution is -0.142. The monoisotopic (exact) mass is 621 g/mol. The number of nitrogens with zero attached hydrogens (tertiary/aromatic N) is 3. The maximum atomic E-state index is 14.3. The van der Waals surface area contributed by atoms with E-state index in [2.05, 4.69) is 20.1 Å². The summed E-state index contributed by atoms with van der Waals surface area (Å²) in [6.45, 7) is 0.408. The summed E-state index contributed by atoms with van der Waals surface area (Å²) in [6.07, 6.45) is -1.09. The number of ether oxygens (including phenoxy) is 1. The number of esters is 1. The van der Waals surface area contributed by atoms with E-state index >= 15 is 0 Å². The molecular weight excluding hydrogens is 596 g/mol.